The molecule has 4 nitrogen and oxygen atoms in total. The van der Waals surface area contributed by atoms with E-state index in [9.17, 15) is 0 Å². The van der Waals surface area contributed by atoms with Crippen molar-refractivity contribution >= 4 is 18.4 Å². The summed E-state index contributed by atoms with van der Waals surface area (Å²) >= 11 is -2.90. The minimum absolute atomic E-state index is 0.200. The molecule has 1 aliphatic heterocycles. The molecule has 0 N–H and O–H groups in total. The summed E-state index contributed by atoms with van der Waals surface area (Å²) in [6.45, 7) is 9.04. The Morgan fingerprint density at radius 2 is 1.05 bits per heavy atom. The molecule has 0 bridgehead atoms. The third-order valence-electron chi connectivity index (χ3n) is 8.80. The van der Waals surface area contributed by atoms with Gasteiger partial charge in [0, 0.05) is 0 Å². The van der Waals surface area contributed by atoms with Gasteiger partial charge in [-0.25, -0.2) is 0 Å². The predicted molar refractivity (Wildman–Crippen MR) is 184 cm³/mol. The van der Waals surface area contributed by atoms with Crippen molar-refractivity contribution in [1.29, 1.82) is 0 Å². The van der Waals surface area contributed by atoms with Gasteiger partial charge in [0.05, 0.1) is 0 Å². The number of ether oxygens (including phenoxy) is 4. The molecule has 238 valence electrons. The maximum absolute atomic E-state index is 7.19. The van der Waals surface area contributed by atoms with Gasteiger partial charge < -0.3 is 0 Å². The third-order valence-corrected chi connectivity index (χ3v) is 23.8. The van der Waals surface area contributed by atoms with E-state index in [1.165, 1.54) is 66.7 Å². The predicted octanol–water partition coefficient (Wildman–Crippen LogP) is 10.0. The van der Waals surface area contributed by atoms with E-state index in [1.807, 2.05) is 12.1 Å². The average molecular weight is 706 g/mol. The number of unbranched alkanes of at least 4 members (excludes halogenated alkanes) is 3. The summed E-state index contributed by atoms with van der Waals surface area (Å²) in [6, 6.07) is 31.3. The van der Waals surface area contributed by atoms with Crippen molar-refractivity contribution in [3.8, 4) is 0 Å². The molecule has 0 amide bonds. The number of benzene rings is 3. The van der Waals surface area contributed by atoms with Crippen molar-refractivity contribution in [3.05, 3.63) is 118 Å². The first-order chi connectivity index (χ1) is 21.7. The van der Waals surface area contributed by atoms with E-state index in [4.69, 9.17) is 18.9 Å². The van der Waals surface area contributed by atoms with Crippen molar-refractivity contribution in [3.63, 3.8) is 0 Å². The van der Waals surface area contributed by atoms with Gasteiger partial charge in [0.15, 0.2) is 0 Å². The van der Waals surface area contributed by atoms with Crippen LogP contribution in [-0.4, -0.2) is 43.3 Å². The van der Waals surface area contributed by atoms with Crippen molar-refractivity contribution in [2.75, 3.05) is 6.61 Å². The molecule has 44 heavy (non-hydrogen) atoms. The van der Waals surface area contributed by atoms with Gasteiger partial charge in [0.2, 0.25) is 0 Å². The van der Waals surface area contributed by atoms with Gasteiger partial charge >= 0.3 is 272 Å². The van der Waals surface area contributed by atoms with E-state index >= 15 is 0 Å². The second-order valence-corrected chi connectivity index (χ2v) is 25.3. The molecule has 0 radical (unpaired) electrons. The summed E-state index contributed by atoms with van der Waals surface area (Å²) in [4.78, 5) is 0. The van der Waals surface area contributed by atoms with Crippen LogP contribution in [0.5, 0.6) is 0 Å². The molecule has 0 unspecified atom stereocenters. The Morgan fingerprint density at radius 1 is 0.591 bits per heavy atom. The molecular formula is C39H54O4Sn. The van der Waals surface area contributed by atoms with Crippen LogP contribution in [0.2, 0.25) is 13.3 Å². The first-order valence-corrected chi connectivity index (χ1v) is 24.5. The van der Waals surface area contributed by atoms with Gasteiger partial charge in [-0.2, -0.15) is 0 Å². The van der Waals surface area contributed by atoms with Crippen molar-refractivity contribution in [1.82, 2.24) is 0 Å². The van der Waals surface area contributed by atoms with Gasteiger partial charge in [0.1, 0.15) is 0 Å². The Bertz CT molecular complexity index is 1180. The molecule has 0 fully saturated rings. The number of hydrogen-bond acceptors (Lipinski definition) is 4. The van der Waals surface area contributed by atoms with Crippen LogP contribution in [-0.2, 0) is 38.8 Å². The van der Waals surface area contributed by atoms with E-state index in [1.54, 1.807) is 0 Å². The van der Waals surface area contributed by atoms with Crippen molar-refractivity contribution < 1.29 is 18.9 Å². The fourth-order valence-electron chi connectivity index (χ4n) is 6.19. The molecule has 0 aliphatic carbocycles. The van der Waals surface area contributed by atoms with Gasteiger partial charge in [-0.1, -0.05) is 0 Å². The first kappa shape index (κ1) is 34.7. The van der Waals surface area contributed by atoms with Gasteiger partial charge in [0.25, 0.3) is 0 Å². The Hall–Kier alpha value is -2.12. The molecule has 0 saturated carbocycles. The quantitative estimate of drug-likeness (QED) is 0.110. The summed E-state index contributed by atoms with van der Waals surface area (Å²) in [6.07, 6.45) is 9.20. The van der Waals surface area contributed by atoms with E-state index in [0.29, 0.717) is 26.4 Å². The molecule has 4 rings (SSSR count). The Balaban J connectivity index is 1.67. The van der Waals surface area contributed by atoms with E-state index in [-0.39, 0.29) is 18.3 Å². The zero-order valence-electron chi connectivity index (χ0n) is 27.3. The Labute approximate surface area is 271 Å². The van der Waals surface area contributed by atoms with E-state index in [2.05, 4.69) is 106 Å². The summed E-state index contributed by atoms with van der Waals surface area (Å²) in [5.74, 6) is 0. The summed E-state index contributed by atoms with van der Waals surface area (Å²) < 4.78 is 32.5. The molecule has 1 heterocycles. The van der Waals surface area contributed by atoms with Crippen LogP contribution in [0.15, 0.2) is 101 Å². The minimum atomic E-state index is -2.90. The molecule has 0 saturated heterocycles. The van der Waals surface area contributed by atoms with E-state index < -0.39 is 18.4 Å². The number of hydrogen-bond donors (Lipinski definition) is 0. The van der Waals surface area contributed by atoms with Crippen LogP contribution in [0.3, 0.4) is 0 Å². The summed E-state index contributed by atoms with van der Waals surface area (Å²) in [5.41, 5.74) is 3.49. The zero-order chi connectivity index (χ0) is 30.9. The standard InChI is InChI=1S/C27H27O4.3C4H9.Sn/c1-4-10-22(11-5-1)18-28-21-26-27(31-20-24-14-8-3-9-15-24)25(16-17-29-26)30-19-23-12-6-2-7-13-23;3*1-3-4-2;/h1-16,25-27H,18-21H2;3*1,3-4H2,2H3;/t25-,26-,27-;;;;/m1..../s1. The normalized spacial score (nSPS) is 18.5. The monoisotopic (exact) mass is 706 g/mol. The zero-order valence-corrected chi connectivity index (χ0v) is 30.1. The summed E-state index contributed by atoms with van der Waals surface area (Å²) in [5, 5.41) is 0. The van der Waals surface area contributed by atoms with Gasteiger partial charge in [-0.3, -0.25) is 0 Å². The molecular weight excluding hydrogens is 651 g/mol. The molecule has 1 aliphatic rings. The van der Waals surface area contributed by atoms with Gasteiger partial charge in [-0.15, -0.1) is 0 Å². The topological polar surface area (TPSA) is 36.9 Å². The van der Waals surface area contributed by atoms with Crippen LogP contribution in [0, 0.1) is 0 Å². The third kappa shape index (κ3) is 10.8. The van der Waals surface area contributed by atoms with Crippen LogP contribution in [0.25, 0.3) is 0 Å². The van der Waals surface area contributed by atoms with Crippen LogP contribution in [0.4, 0.5) is 0 Å². The molecule has 3 atom stereocenters. The molecule has 0 aromatic heterocycles. The second-order valence-electron chi connectivity index (χ2n) is 12.3. The fraction of sp³-hybridized carbons (Fsp3) is 0.487. The average Bonchev–Trinajstić information content (AvgIpc) is 3.08. The molecule has 0 spiro atoms. The van der Waals surface area contributed by atoms with Crippen molar-refractivity contribution in [2.45, 2.75) is 111 Å². The first-order valence-electron chi connectivity index (χ1n) is 17.0. The Morgan fingerprint density at radius 3 is 1.52 bits per heavy atom. The fourth-order valence-corrected chi connectivity index (χ4v) is 21.9. The summed E-state index contributed by atoms with van der Waals surface area (Å²) in [7, 11) is 0. The number of rotatable bonds is 20. The molecule has 3 aromatic carbocycles. The Kier molecular flexibility index (Phi) is 15.3. The second kappa shape index (κ2) is 19.4. The van der Waals surface area contributed by atoms with Crippen molar-refractivity contribution in [2.24, 2.45) is 0 Å². The molecule has 3 aromatic rings. The molecule has 5 heteroatoms. The van der Waals surface area contributed by atoms with Crippen LogP contribution in [0.1, 0.15) is 76.0 Å². The van der Waals surface area contributed by atoms with Gasteiger partial charge in [-0.05, 0) is 0 Å². The maximum atomic E-state index is 7.19. The van der Waals surface area contributed by atoms with Crippen LogP contribution < -0.4 is 0 Å². The van der Waals surface area contributed by atoms with E-state index in [0.717, 1.165) is 5.56 Å². The SMILES string of the molecule is CCC[CH2][Sn]([CH2]CCC)([CH2]CCC)[C]1=C[C@@H](OCc2ccccc2)[C@@H](OCc2ccccc2)[C@@H](COCc2ccccc2)O1. The van der Waals surface area contributed by atoms with Crippen LogP contribution >= 0.6 is 0 Å².